The average Bonchev–Trinajstić information content (AvgIpc) is 2.86. The van der Waals surface area contributed by atoms with Crippen LogP contribution in [0.25, 0.3) is 0 Å². The number of anilines is 2. The van der Waals surface area contributed by atoms with E-state index in [2.05, 4.69) is 11.4 Å². The molecule has 1 saturated heterocycles. The fourth-order valence-electron chi connectivity index (χ4n) is 3.88. The van der Waals surface area contributed by atoms with Crippen LogP contribution in [-0.2, 0) is 12.7 Å². The van der Waals surface area contributed by atoms with E-state index in [0.717, 1.165) is 36.2 Å². The second kappa shape index (κ2) is 9.89. The third-order valence-corrected chi connectivity index (χ3v) is 5.72. The van der Waals surface area contributed by atoms with Gasteiger partial charge in [0, 0.05) is 36.6 Å². The van der Waals surface area contributed by atoms with Crippen LogP contribution >= 0.6 is 0 Å². The van der Waals surface area contributed by atoms with E-state index in [4.69, 9.17) is 0 Å². The molecule has 0 radical (unpaired) electrons. The maximum Gasteiger partial charge on any atom is 0.416 e. The van der Waals surface area contributed by atoms with Gasteiger partial charge in [0.2, 0.25) is 0 Å². The van der Waals surface area contributed by atoms with Gasteiger partial charge in [0.1, 0.15) is 0 Å². The van der Waals surface area contributed by atoms with Crippen molar-refractivity contribution in [1.82, 2.24) is 4.90 Å². The van der Waals surface area contributed by atoms with Gasteiger partial charge in [-0.2, -0.15) is 18.4 Å². The van der Waals surface area contributed by atoms with Crippen molar-refractivity contribution < 1.29 is 22.8 Å². The van der Waals surface area contributed by atoms with Crippen LogP contribution in [0.15, 0.2) is 72.8 Å². The fraction of sp³-hybridized carbons (Fsp3) is 0.192. The zero-order chi connectivity index (χ0) is 25.0. The molecular weight excluding hydrogens is 457 g/mol. The number of benzene rings is 3. The first-order chi connectivity index (χ1) is 16.8. The lowest BCUT2D eigenvalue weighted by atomic mass is 10.1. The molecule has 1 N–H and O–H groups in total. The number of amides is 3. The van der Waals surface area contributed by atoms with Crippen molar-refractivity contribution in [2.24, 2.45) is 0 Å². The van der Waals surface area contributed by atoms with Crippen LogP contribution in [0, 0.1) is 11.3 Å². The van der Waals surface area contributed by atoms with E-state index in [1.54, 1.807) is 46.2 Å². The molecule has 35 heavy (non-hydrogen) atoms. The quantitative estimate of drug-likeness (QED) is 0.514. The summed E-state index contributed by atoms with van der Waals surface area (Å²) in [6.45, 7) is 1.45. The summed E-state index contributed by atoms with van der Waals surface area (Å²) in [6, 6.07) is 19.8. The zero-order valence-corrected chi connectivity index (χ0v) is 18.5. The van der Waals surface area contributed by atoms with Crippen molar-refractivity contribution in [1.29, 1.82) is 5.26 Å². The van der Waals surface area contributed by atoms with E-state index >= 15 is 0 Å². The number of carbonyl (C=O) groups excluding carboxylic acids is 2. The van der Waals surface area contributed by atoms with Gasteiger partial charge in [-0.05, 0) is 66.6 Å². The van der Waals surface area contributed by atoms with E-state index in [9.17, 15) is 28.0 Å². The Balaban J connectivity index is 1.42. The van der Waals surface area contributed by atoms with Gasteiger partial charge in [0.15, 0.2) is 0 Å². The highest BCUT2D eigenvalue weighted by Gasteiger charge is 2.30. The van der Waals surface area contributed by atoms with E-state index in [1.165, 1.54) is 0 Å². The van der Waals surface area contributed by atoms with Crippen LogP contribution in [0.4, 0.5) is 29.3 Å². The van der Waals surface area contributed by atoms with Crippen molar-refractivity contribution in [2.75, 3.05) is 23.3 Å². The Hall–Kier alpha value is -4.32. The Labute approximate surface area is 200 Å². The molecule has 0 aromatic heterocycles. The summed E-state index contributed by atoms with van der Waals surface area (Å²) in [5.74, 6) is -0.539. The first-order valence-electron chi connectivity index (χ1n) is 10.9. The number of nitriles is 1. The molecule has 0 spiro atoms. The lowest BCUT2D eigenvalue weighted by Gasteiger charge is -2.36. The highest BCUT2D eigenvalue weighted by atomic mass is 19.4. The minimum absolute atomic E-state index is 0.0987. The Morgan fingerprint density at radius 2 is 1.66 bits per heavy atom. The largest absolute Gasteiger partial charge is 0.416 e. The highest BCUT2D eigenvalue weighted by Crippen LogP contribution is 2.29. The van der Waals surface area contributed by atoms with E-state index in [0.29, 0.717) is 36.6 Å². The normalized spacial score (nSPS) is 13.9. The van der Waals surface area contributed by atoms with Crippen molar-refractivity contribution in [3.8, 4) is 6.07 Å². The standard InChI is InChI=1S/C26H21F3N4O2/c27-26(28,29)21-8-6-18(7-9-21)24(34)31-22-10-12-23(13-11-22)33-15-3-14-32(25(33)35)17-20-5-2-1-4-19(20)16-30/h1-2,4-13H,3,14-15,17H2,(H,31,34). The minimum Gasteiger partial charge on any atom is -0.322 e. The second-order valence-corrected chi connectivity index (χ2v) is 8.05. The molecule has 0 saturated carbocycles. The molecule has 1 heterocycles. The smallest absolute Gasteiger partial charge is 0.322 e. The number of nitrogens with one attached hydrogen (secondary N) is 1. The van der Waals surface area contributed by atoms with E-state index < -0.39 is 17.6 Å². The number of hydrogen-bond donors (Lipinski definition) is 1. The summed E-state index contributed by atoms with van der Waals surface area (Å²) < 4.78 is 38.1. The second-order valence-electron chi connectivity index (χ2n) is 8.05. The van der Waals surface area contributed by atoms with Crippen molar-refractivity contribution in [3.63, 3.8) is 0 Å². The van der Waals surface area contributed by atoms with E-state index in [1.807, 2.05) is 12.1 Å². The summed E-state index contributed by atoms with van der Waals surface area (Å²) in [4.78, 5) is 28.8. The molecule has 1 aliphatic rings. The number of nitrogens with zero attached hydrogens (tertiary/aromatic N) is 3. The van der Waals surface area contributed by atoms with Crippen LogP contribution in [0.3, 0.4) is 0 Å². The molecule has 0 atom stereocenters. The SMILES string of the molecule is N#Cc1ccccc1CN1CCCN(c2ccc(NC(=O)c3ccc(C(F)(F)F)cc3)cc2)C1=O. The third kappa shape index (κ3) is 5.44. The first-order valence-corrected chi connectivity index (χ1v) is 10.9. The molecule has 1 fully saturated rings. The molecule has 6 nitrogen and oxygen atoms in total. The Kier molecular flexibility index (Phi) is 6.73. The molecule has 4 rings (SSSR count). The topological polar surface area (TPSA) is 76.4 Å². The maximum atomic E-state index is 13.1. The van der Waals surface area contributed by atoms with Crippen molar-refractivity contribution in [3.05, 3.63) is 95.1 Å². The number of hydrogen-bond acceptors (Lipinski definition) is 3. The lowest BCUT2D eigenvalue weighted by molar-refractivity contribution is -0.137. The van der Waals surface area contributed by atoms with Gasteiger partial charge in [-0.3, -0.25) is 9.69 Å². The van der Waals surface area contributed by atoms with Crippen molar-refractivity contribution in [2.45, 2.75) is 19.1 Å². The molecule has 9 heteroatoms. The minimum atomic E-state index is -4.47. The van der Waals surface area contributed by atoms with Crippen LogP contribution in [0.1, 0.15) is 33.5 Å². The monoisotopic (exact) mass is 478 g/mol. The number of rotatable bonds is 5. The van der Waals surface area contributed by atoms with Gasteiger partial charge in [0.05, 0.1) is 17.2 Å². The molecule has 3 aromatic rings. The number of urea groups is 1. The molecular formula is C26H21F3N4O2. The number of alkyl halides is 3. The number of halogens is 3. The first kappa shape index (κ1) is 23.8. The molecule has 0 bridgehead atoms. The van der Waals surface area contributed by atoms with Crippen LogP contribution in [0.2, 0.25) is 0 Å². The Morgan fingerprint density at radius 3 is 2.31 bits per heavy atom. The molecule has 3 aromatic carbocycles. The van der Waals surface area contributed by atoms with Gasteiger partial charge < -0.3 is 10.2 Å². The van der Waals surface area contributed by atoms with Crippen molar-refractivity contribution >= 4 is 23.3 Å². The summed E-state index contributed by atoms with van der Waals surface area (Å²) in [7, 11) is 0. The molecule has 178 valence electrons. The molecule has 3 amide bonds. The molecule has 1 aliphatic heterocycles. The predicted octanol–water partition coefficient (Wildman–Crippen LogP) is 5.66. The van der Waals surface area contributed by atoms with E-state index in [-0.39, 0.29) is 11.6 Å². The lowest BCUT2D eigenvalue weighted by Crippen LogP contribution is -2.49. The Bertz CT molecular complexity index is 1270. The summed E-state index contributed by atoms with van der Waals surface area (Å²) >= 11 is 0. The third-order valence-electron chi connectivity index (χ3n) is 5.72. The summed E-state index contributed by atoms with van der Waals surface area (Å²) in [5, 5.41) is 12.0. The van der Waals surface area contributed by atoms with Gasteiger partial charge in [-0.25, -0.2) is 4.79 Å². The summed E-state index contributed by atoms with van der Waals surface area (Å²) in [5.41, 5.74) is 1.69. The molecule has 0 aliphatic carbocycles. The van der Waals surface area contributed by atoms with Crippen LogP contribution in [-0.4, -0.2) is 29.9 Å². The van der Waals surface area contributed by atoms with Crippen LogP contribution < -0.4 is 10.2 Å². The predicted molar refractivity (Wildman–Crippen MR) is 125 cm³/mol. The van der Waals surface area contributed by atoms with Gasteiger partial charge in [-0.1, -0.05) is 18.2 Å². The fourth-order valence-corrected chi connectivity index (χ4v) is 3.88. The highest BCUT2D eigenvalue weighted by molar-refractivity contribution is 6.04. The number of carbonyl (C=O) groups is 2. The van der Waals surface area contributed by atoms with Gasteiger partial charge >= 0.3 is 12.2 Å². The zero-order valence-electron chi connectivity index (χ0n) is 18.5. The van der Waals surface area contributed by atoms with Crippen LogP contribution in [0.5, 0.6) is 0 Å². The summed E-state index contributed by atoms with van der Waals surface area (Å²) in [6.07, 6.45) is -3.71. The molecule has 0 unspecified atom stereocenters. The average molecular weight is 478 g/mol. The van der Waals surface area contributed by atoms with Gasteiger partial charge in [-0.15, -0.1) is 0 Å². The Morgan fingerprint density at radius 1 is 0.971 bits per heavy atom. The van der Waals surface area contributed by atoms with Gasteiger partial charge in [0.25, 0.3) is 5.91 Å². The maximum absolute atomic E-state index is 13.1.